The molecule has 3 N–H and O–H groups in total. The van der Waals surface area contributed by atoms with Crippen molar-refractivity contribution in [2.45, 2.75) is 18.7 Å². The highest BCUT2D eigenvalue weighted by molar-refractivity contribution is 7.88. The lowest BCUT2D eigenvalue weighted by atomic mass is 10.1. The molecular weight excluding hydrogens is 308 g/mol. The Morgan fingerprint density at radius 2 is 1.90 bits per heavy atom. The first-order chi connectivity index (χ1) is 9.87. The molecule has 21 heavy (non-hydrogen) atoms. The number of hydrogen-bond acceptors (Lipinski definition) is 3. The van der Waals surface area contributed by atoms with E-state index in [1.807, 2.05) is 6.07 Å². The summed E-state index contributed by atoms with van der Waals surface area (Å²) in [5.74, 6) is -0.148. The quantitative estimate of drug-likeness (QED) is 0.830. The fraction of sp³-hybridized carbons (Fsp3) is 0.200. The molecule has 2 aromatic carbocycles. The molecule has 6 heteroatoms. The van der Waals surface area contributed by atoms with Crippen molar-refractivity contribution in [2.75, 3.05) is 5.73 Å². The number of para-hydroxylation sites is 1. The first kappa shape index (κ1) is 15.8. The van der Waals surface area contributed by atoms with Crippen molar-refractivity contribution < 1.29 is 8.42 Å². The van der Waals surface area contributed by atoms with Crippen LogP contribution in [0.5, 0.6) is 0 Å². The molecule has 0 aliphatic rings. The normalized spacial score (nSPS) is 13.0. The summed E-state index contributed by atoms with van der Waals surface area (Å²) in [6.45, 7) is 1.78. The van der Waals surface area contributed by atoms with Gasteiger partial charge in [-0.25, -0.2) is 13.1 Å². The third kappa shape index (κ3) is 4.46. The fourth-order valence-corrected chi connectivity index (χ4v) is 3.65. The molecule has 2 rings (SSSR count). The lowest BCUT2D eigenvalue weighted by Gasteiger charge is -2.15. The third-order valence-electron chi connectivity index (χ3n) is 3.11. The van der Waals surface area contributed by atoms with Gasteiger partial charge in [0, 0.05) is 16.8 Å². The standard InChI is InChI=1S/C15H17ClN2O2S/c1-11(12-6-4-7-14(16)9-12)18-21(19,20)10-13-5-2-3-8-15(13)17/h2-9,11,18H,10,17H2,1H3. The van der Waals surface area contributed by atoms with E-state index in [-0.39, 0.29) is 11.8 Å². The summed E-state index contributed by atoms with van der Waals surface area (Å²) < 4.78 is 27.1. The molecule has 0 aliphatic heterocycles. The fourth-order valence-electron chi connectivity index (χ4n) is 2.03. The number of hydrogen-bond donors (Lipinski definition) is 2. The minimum absolute atomic E-state index is 0.148. The second kappa shape index (κ2) is 6.47. The van der Waals surface area contributed by atoms with Gasteiger partial charge in [0.25, 0.3) is 0 Å². The molecule has 1 unspecified atom stereocenters. The van der Waals surface area contributed by atoms with Crippen LogP contribution in [0.1, 0.15) is 24.1 Å². The van der Waals surface area contributed by atoms with E-state index in [0.717, 1.165) is 5.56 Å². The van der Waals surface area contributed by atoms with Gasteiger partial charge < -0.3 is 5.73 Å². The van der Waals surface area contributed by atoms with Crippen LogP contribution in [0.15, 0.2) is 48.5 Å². The molecule has 0 aliphatic carbocycles. The van der Waals surface area contributed by atoms with E-state index in [9.17, 15) is 8.42 Å². The van der Waals surface area contributed by atoms with E-state index in [1.165, 1.54) is 0 Å². The highest BCUT2D eigenvalue weighted by Gasteiger charge is 2.17. The largest absolute Gasteiger partial charge is 0.398 e. The molecule has 0 fully saturated rings. The Bertz CT molecular complexity index is 732. The number of nitrogens with two attached hydrogens (primary N) is 1. The zero-order chi connectivity index (χ0) is 15.5. The van der Waals surface area contributed by atoms with Crippen molar-refractivity contribution in [3.8, 4) is 0 Å². The maximum absolute atomic E-state index is 12.2. The Hall–Kier alpha value is -1.56. The molecule has 0 radical (unpaired) electrons. The van der Waals surface area contributed by atoms with Crippen molar-refractivity contribution >= 4 is 27.3 Å². The van der Waals surface area contributed by atoms with Gasteiger partial charge >= 0.3 is 0 Å². The van der Waals surface area contributed by atoms with Crippen LogP contribution in [-0.2, 0) is 15.8 Å². The molecular formula is C15H17ClN2O2S. The second-order valence-corrected chi connectivity index (χ2v) is 7.04. The third-order valence-corrected chi connectivity index (χ3v) is 4.74. The van der Waals surface area contributed by atoms with E-state index < -0.39 is 10.0 Å². The first-order valence-corrected chi connectivity index (χ1v) is 8.49. The van der Waals surface area contributed by atoms with Gasteiger partial charge in [-0.05, 0) is 36.2 Å². The minimum Gasteiger partial charge on any atom is -0.398 e. The van der Waals surface area contributed by atoms with Crippen LogP contribution >= 0.6 is 11.6 Å². The Morgan fingerprint density at radius 3 is 2.57 bits per heavy atom. The van der Waals surface area contributed by atoms with Gasteiger partial charge in [0.15, 0.2) is 0 Å². The molecule has 112 valence electrons. The van der Waals surface area contributed by atoms with E-state index in [1.54, 1.807) is 49.4 Å². The zero-order valence-corrected chi connectivity index (χ0v) is 13.2. The molecule has 1 atom stereocenters. The van der Waals surface area contributed by atoms with Crippen LogP contribution in [0.2, 0.25) is 5.02 Å². The molecule has 0 saturated carbocycles. The summed E-state index contributed by atoms with van der Waals surface area (Å²) in [5.41, 5.74) is 7.65. The van der Waals surface area contributed by atoms with Gasteiger partial charge in [0.1, 0.15) is 0 Å². The zero-order valence-electron chi connectivity index (χ0n) is 11.6. The Balaban J connectivity index is 2.12. The van der Waals surface area contributed by atoms with Crippen LogP contribution in [-0.4, -0.2) is 8.42 Å². The van der Waals surface area contributed by atoms with E-state index >= 15 is 0 Å². The average Bonchev–Trinajstić information content (AvgIpc) is 2.40. The summed E-state index contributed by atoms with van der Waals surface area (Å²) in [6, 6.07) is 13.7. The molecule has 0 amide bonds. The minimum atomic E-state index is -3.49. The lowest BCUT2D eigenvalue weighted by molar-refractivity contribution is 0.566. The number of benzene rings is 2. The Morgan fingerprint density at radius 1 is 1.19 bits per heavy atom. The summed E-state index contributed by atoms with van der Waals surface area (Å²) in [6.07, 6.45) is 0. The summed E-state index contributed by atoms with van der Waals surface area (Å²) >= 11 is 5.92. The van der Waals surface area contributed by atoms with Gasteiger partial charge in [-0.15, -0.1) is 0 Å². The smallest absolute Gasteiger partial charge is 0.216 e. The molecule has 2 aromatic rings. The second-order valence-electron chi connectivity index (χ2n) is 4.85. The number of rotatable bonds is 5. The number of anilines is 1. The van der Waals surface area contributed by atoms with Crippen molar-refractivity contribution in [3.05, 3.63) is 64.7 Å². The molecule has 4 nitrogen and oxygen atoms in total. The van der Waals surface area contributed by atoms with Gasteiger partial charge in [-0.1, -0.05) is 41.9 Å². The summed E-state index contributed by atoms with van der Waals surface area (Å²) in [7, 11) is -3.49. The van der Waals surface area contributed by atoms with Crippen molar-refractivity contribution in [2.24, 2.45) is 0 Å². The first-order valence-electron chi connectivity index (χ1n) is 6.46. The number of nitrogens with one attached hydrogen (secondary N) is 1. The highest BCUT2D eigenvalue weighted by Crippen LogP contribution is 2.20. The van der Waals surface area contributed by atoms with E-state index in [2.05, 4.69) is 4.72 Å². The predicted molar refractivity (Wildman–Crippen MR) is 86.5 cm³/mol. The monoisotopic (exact) mass is 324 g/mol. The summed E-state index contributed by atoms with van der Waals surface area (Å²) in [4.78, 5) is 0. The van der Waals surface area contributed by atoms with Crippen LogP contribution in [0.25, 0.3) is 0 Å². The van der Waals surface area contributed by atoms with E-state index in [0.29, 0.717) is 16.3 Å². The van der Waals surface area contributed by atoms with Crippen LogP contribution in [0.4, 0.5) is 5.69 Å². The highest BCUT2D eigenvalue weighted by atomic mass is 35.5. The summed E-state index contributed by atoms with van der Waals surface area (Å²) in [5, 5.41) is 0.575. The van der Waals surface area contributed by atoms with Crippen molar-refractivity contribution in [1.82, 2.24) is 4.72 Å². The predicted octanol–water partition coefficient (Wildman–Crippen LogP) is 3.10. The van der Waals surface area contributed by atoms with E-state index in [4.69, 9.17) is 17.3 Å². The lowest BCUT2D eigenvalue weighted by Crippen LogP contribution is -2.28. The number of nitrogen functional groups attached to an aromatic ring is 1. The average molecular weight is 325 g/mol. The Kier molecular flexibility index (Phi) is 4.88. The van der Waals surface area contributed by atoms with Gasteiger partial charge in [0.05, 0.1) is 5.75 Å². The SMILES string of the molecule is CC(NS(=O)(=O)Cc1ccccc1N)c1cccc(Cl)c1. The van der Waals surface area contributed by atoms with Gasteiger partial charge in [-0.3, -0.25) is 0 Å². The molecule has 0 heterocycles. The molecule has 0 spiro atoms. The molecule has 0 aromatic heterocycles. The topological polar surface area (TPSA) is 72.2 Å². The number of sulfonamides is 1. The van der Waals surface area contributed by atoms with Crippen molar-refractivity contribution in [3.63, 3.8) is 0 Å². The van der Waals surface area contributed by atoms with Gasteiger partial charge in [-0.2, -0.15) is 0 Å². The maximum Gasteiger partial charge on any atom is 0.216 e. The van der Waals surface area contributed by atoms with Crippen molar-refractivity contribution in [1.29, 1.82) is 0 Å². The molecule has 0 saturated heterocycles. The van der Waals surface area contributed by atoms with Gasteiger partial charge in [0.2, 0.25) is 10.0 Å². The molecule has 0 bridgehead atoms. The maximum atomic E-state index is 12.2. The number of halogens is 1. The van der Waals surface area contributed by atoms with Crippen LogP contribution in [0.3, 0.4) is 0 Å². The Labute approximate surface area is 130 Å². The van der Waals surface area contributed by atoms with Crippen LogP contribution < -0.4 is 10.5 Å². The van der Waals surface area contributed by atoms with Crippen LogP contribution in [0, 0.1) is 0 Å².